The zero-order chi connectivity index (χ0) is 29.6. The fourth-order valence-electron chi connectivity index (χ4n) is 4.95. The Bertz CT molecular complexity index is 1410. The average molecular weight is 600 g/mol. The Balaban J connectivity index is 0.00000506. The maximum atomic E-state index is 11.6. The largest absolute Gasteiger partial charge is 0.489 e. The molecule has 0 radical (unpaired) electrons. The number of unbranched alkanes of at least 4 members (excludes halogenated alkanes) is 1. The van der Waals surface area contributed by atoms with Crippen molar-refractivity contribution in [3.05, 3.63) is 125 Å². The second kappa shape index (κ2) is 17.9. The highest BCUT2D eigenvalue weighted by Crippen LogP contribution is 2.23. The first-order valence-electron chi connectivity index (χ1n) is 14.7. The van der Waals surface area contributed by atoms with Gasteiger partial charge in [-0.1, -0.05) is 97.1 Å². The minimum absolute atomic E-state index is 0. The minimum atomic E-state index is -0.236. The summed E-state index contributed by atoms with van der Waals surface area (Å²) < 4.78 is 11.1. The van der Waals surface area contributed by atoms with Crippen molar-refractivity contribution < 1.29 is 19.1 Å². The predicted molar refractivity (Wildman–Crippen MR) is 176 cm³/mol. The number of nitrogens with zero attached hydrogens (tertiary/aromatic N) is 1. The minimum Gasteiger partial charge on any atom is -0.489 e. The summed E-state index contributed by atoms with van der Waals surface area (Å²) in [6.07, 6.45) is 3.62. The van der Waals surface area contributed by atoms with Crippen molar-refractivity contribution in [3.8, 4) is 16.9 Å². The Hall–Kier alpha value is -3.93. The van der Waals surface area contributed by atoms with Crippen LogP contribution in [0.15, 0.2) is 103 Å². The Morgan fingerprint density at radius 2 is 1.33 bits per heavy atom. The van der Waals surface area contributed by atoms with Crippen LogP contribution in [0.1, 0.15) is 48.4 Å². The van der Waals surface area contributed by atoms with Gasteiger partial charge in [0.15, 0.2) is 0 Å². The van der Waals surface area contributed by atoms with Crippen LogP contribution in [0.5, 0.6) is 5.75 Å². The Morgan fingerprint density at radius 3 is 2.02 bits per heavy atom. The van der Waals surface area contributed by atoms with E-state index in [2.05, 4.69) is 77.7 Å². The van der Waals surface area contributed by atoms with Crippen molar-refractivity contribution in [1.29, 1.82) is 0 Å². The third kappa shape index (κ3) is 11.3. The first kappa shape index (κ1) is 33.6. The molecule has 0 aliphatic carbocycles. The summed E-state index contributed by atoms with van der Waals surface area (Å²) in [4.78, 5) is 25.5. The number of hydrogen-bond donors (Lipinski definition) is 0. The molecule has 0 atom stereocenters. The van der Waals surface area contributed by atoms with E-state index >= 15 is 0 Å². The third-order valence-corrected chi connectivity index (χ3v) is 7.38. The van der Waals surface area contributed by atoms with Gasteiger partial charge in [0.1, 0.15) is 18.1 Å². The van der Waals surface area contributed by atoms with Crippen molar-refractivity contribution in [2.45, 2.75) is 52.2 Å². The molecule has 0 spiro atoms. The van der Waals surface area contributed by atoms with Crippen LogP contribution >= 0.6 is 12.4 Å². The van der Waals surface area contributed by atoms with E-state index in [4.69, 9.17) is 9.47 Å². The second-order valence-corrected chi connectivity index (χ2v) is 10.7. The third-order valence-electron chi connectivity index (χ3n) is 7.38. The van der Waals surface area contributed by atoms with Crippen LogP contribution in [0.25, 0.3) is 11.1 Å². The van der Waals surface area contributed by atoms with Gasteiger partial charge < -0.3 is 14.3 Å². The highest BCUT2D eigenvalue weighted by Gasteiger charge is 2.11. The van der Waals surface area contributed by atoms with Crippen LogP contribution in [-0.4, -0.2) is 36.9 Å². The smallest absolute Gasteiger partial charge is 0.309 e. The number of benzene rings is 4. The maximum Gasteiger partial charge on any atom is 0.309 e. The van der Waals surface area contributed by atoms with Crippen LogP contribution in [0, 0.1) is 0 Å². The molecule has 226 valence electrons. The molecule has 0 saturated heterocycles. The number of carbonyl (C=O) groups excluding carboxylic acids is 2. The normalized spacial score (nSPS) is 10.7. The summed E-state index contributed by atoms with van der Waals surface area (Å²) in [5, 5.41) is 0. The molecular formula is C37H42ClNO4. The van der Waals surface area contributed by atoms with Crippen LogP contribution in [0.4, 0.5) is 0 Å². The highest BCUT2D eigenvalue weighted by atomic mass is 35.5. The number of carbonyl (C=O) groups is 2. The summed E-state index contributed by atoms with van der Waals surface area (Å²) in [6, 6.07) is 35.4. The second-order valence-electron chi connectivity index (χ2n) is 10.7. The summed E-state index contributed by atoms with van der Waals surface area (Å²) in [7, 11) is 1.41. The zero-order valence-electron chi connectivity index (χ0n) is 25.2. The van der Waals surface area contributed by atoms with E-state index in [1.165, 1.54) is 29.4 Å². The number of ketones is 1. The first-order chi connectivity index (χ1) is 20.5. The number of rotatable bonds is 16. The van der Waals surface area contributed by atoms with Gasteiger partial charge in [0.2, 0.25) is 0 Å². The maximum absolute atomic E-state index is 11.6. The zero-order valence-corrected chi connectivity index (χ0v) is 26.0. The van der Waals surface area contributed by atoms with Crippen LogP contribution in [-0.2, 0) is 40.3 Å². The monoisotopic (exact) mass is 599 g/mol. The Morgan fingerprint density at radius 1 is 0.698 bits per heavy atom. The lowest BCUT2D eigenvalue weighted by atomic mass is 10.0. The number of ether oxygens (including phenoxy) is 2. The fraction of sp³-hybridized carbons (Fsp3) is 0.297. The van der Waals surface area contributed by atoms with Gasteiger partial charge in [-0.05, 0) is 72.2 Å². The van der Waals surface area contributed by atoms with E-state index in [1.54, 1.807) is 6.92 Å². The van der Waals surface area contributed by atoms with Crippen LogP contribution < -0.4 is 4.74 Å². The van der Waals surface area contributed by atoms with Crippen molar-refractivity contribution in [2.24, 2.45) is 0 Å². The van der Waals surface area contributed by atoms with Crippen molar-refractivity contribution in [2.75, 3.05) is 20.2 Å². The lowest BCUT2D eigenvalue weighted by molar-refractivity contribution is -0.139. The molecule has 0 heterocycles. The molecular weight excluding hydrogens is 558 g/mol. The van der Waals surface area contributed by atoms with Gasteiger partial charge in [-0.2, -0.15) is 0 Å². The number of methoxy groups -OCH3 is 1. The molecule has 4 aromatic rings. The summed E-state index contributed by atoms with van der Waals surface area (Å²) in [5.74, 6) is 0.914. The summed E-state index contributed by atoms with van der Waals surface area (Å²) >= 11 is 0. The van der Waals surface area contributed by atoms with Gasteiger partial charge in [-0.25, -0.2) is 0 Å². The van der Waals surface area contributed by atoms with Crippen molar-refractivity contribution >= 4 is 24.2 Å². The summed E-state index contributed by atoms with van der Waals surface area (Å²) in [5.41, 5.74) is 6.85. The van der Waals surface area contributed by atoms with E-state index in [1.807, 2.05) is 30.3 Å². The van der Waals surface area contributed by atoms with Gasteiger partial charge in [0.25, 0.3) is 0 Å². The Kier molecular flexibility index (Phi) is 14.0. The molecule has 0 unspecified atom stereocenters. The molecule has 6 heteroatoms. The van der Waals surface area contributed by atoms with E-state index in [0.717, 1.165) is 55.8 Å². The van der Waals surface area contributed by atoms with Crippen molar-refractivity contribution in [3.63, 3.8) is 0 Å². The highest BCUT2D eigenvalue weighted by molar-refractivity contribution is 5.85. The number of esters is 1. The van der Waals surface area contributed by atoms with E-state index < -0.39 is 0 Å². The summed E-state index contributed by atoms with van der Waals surface area (Å²) in [6.45, 7) is 4.75. The quantitative estimate of drug-likeness (QED) is 0.0968. The van der Waals surface area contributed by atoms with Gasteiger partial charge in [-0.15, -0.1) is 12.4 Å². The number of para-hydroxylation sites is 1. The molecule has 0 aliphatic heterocycles. The molecule has 0 fully saturated rings. The number of halogens is 1. The van der Waals surface area contributed by atoms with Gasteiger partial charge in [0, 0.05) is 19.5 Å². The SMILES string of the molecule is COC(=O)Cc1ccc(CN(CCCCC(C)=O)CCc2ccccc2OCc2ccc(-c3ccccc3)cc2)cc1.Cl. The number of hydrogen-bond acceptors (Lipinski definition) is 5. The molecule has 4 aromatic carbocycles. The molecule has 0 aliphatic rings. The van der Waals surface area contributed by atoms with Crippen LogP contribution in [0.3, 0.4) is 0 Å². The Labute approximate surface area is 262 Å². The van der Waals surface area contributed by atoms with E-state index in [9.17, 15) is 9.59 Å². The van der Waals surface area contributed by atoms with E-state index in [-0.39, 0.29) is 30.6 Å². The first-order valence-corrected chi connectivity index (χ1v) is 14.7. The van der Waals surface area contributed by atoms with Gasteiger partial charge in [-0.3, -0.25) is 9.69 Å². The number of Topliss-reactive ketones (excluding diaryl/α,β-unsaturated/α-hetero) is 1. The fourth-order valence-corrected chi connectivity index (χ4v) is 4.95. The average Bonchev–Trinajstić information content (AvgIpc) is 3.02. The topological polar surface area (TPSA) is 55.8 Å². The molecule has 0 saturated carbocycles. The van der Waals surface area contributed by atoms with Gasteiger partial charge >= 0.3 is 5.97 Å². The van der Waals surface area contributed by atoms with Crippen molar-refractivity contribution in [1.82, 2.24) is 4.90 Å². The molecule has 5 nitrogen and oxygen atoms in total. The molecule has 4 rings (SSSR count). The standard InChI is InChI=1S/C37H41NO4.ClH/c1-29(39)10-8-9-24-38(27-31-17-15-30(16-18-31)26-37(40)41-2)25-23-35-13-6-7-14-36(35)42-28-32-19-21-34(22-20-32)33-11-4-3-5-12-33;/h3-7,11-22H,8-10,23-28H2,1-2H3;1H. The van der Waals surface area contributed by atoms with E-state index in [0.29, 0.717) is 13.0 Å². The van der Waals surface area contributed by atoms with Gasteiger partial charge in [0.05, 0.1) is 13.5 Å². The predicted octanol–water partition coefficient (Wildman–Crippen LogP) is 7.87. The lowest BCUT2D eigenvalue weighted by Crippen LogP contribution is -2.27. The molecule has 0 N–H and O–H groups in total. The molecule has 43 heavy (non-hydrogen) atoms. The lowest BCUT2D eigenvalue weighted by Gasteiger charge is -2.23. The van der Waals surface area contributed by atoms with Crippen LogP contribution in [0.2, 0.25) is 0 Å². The molecule has 0 aromatic heterocycles. The molecule has 0 bridgehead atoms. The molecule has 0 amide bonds.